The van der Waals surface area contributed by atoms with E-state index in [4.69, 9.17) is 5.73 Å². The van der Waals surface area contributed by atoms with E-state index in [-0.39, 0.29) is 0 Å². The molecular weight excluding hydrogens is 279 g/mol. The van der Waals surface area contributed by atoms with Gasteiger partial charge in [-0.1, -0.05) is 18.2 Å². The van der Waals surface area contributed by atoms with Crippen molar-refractivity contribution in [2.75, 3.05) is 5.73 Å². The monoisotopic (exact) mass is 291 g/mol. The van der Waals surface area contributed by atoms with Crippen molar-refractivity contribution >= 4 is 16.7 Å². The lowest BCUT2D eigenvalue weighted by Crippen LogP contribution is -2.04. The lowest BCUT2D eigenvalue weighted by atomic mass is 10.1. The number of rotatable bonds is 2. The maximum absolute atomic E-state index is 12.5. The molecule has 0 saturated heterocycles. The molecule has 0 radical (unpaired) electrons. The van der Waals surface area contributed by atoms with Crippen LogP contribution in [0.25, 0.3) is 11.0 Å². The first kappa shape index (κ1) is 13.5. The second kappa shape index (κ2) is 4.80. The van der Waals surface area contributed by atoms with Crippen LogP contribution in [0.15, 0.2) is 42.5 Å². The topological polar surface area (TPSA) is 54.7 Å². The molecule has 0 aliphatic rings. The Bertz CT molecular complexity index is 773. The van der Waals surface area contributed by atoms with Gasteiger partial charge in [0.05, 0.1) is 16.8 Å². The van der Waals surface area contributed by atoms with Crippen molar-refractivity contribution in [3.8, 4) is 0 Å². The molecule has 3 nitrogen and oxygen atoms in total. The van der Waals surface area contributed by atoms with Gasteiger partial charge in [0, 0.05) is 6.42 Å². The molecule has 0 spiro atoms. The van der Waals surface area contributed by atoms with Crippen molar-refractivity contribution in [1.29, 1.82) is 0 Å². The normalized spacial score (nSPS) is 12.0. The van der Waals surface area contributed by atoms with Crippen molar-refractivity contribution in [3.05, 3.63) is 59.4 Å². The lowest BCUT2D eigenvalue weighted by Gasteiger charge is -2.06. The zero-order chi connectivity index (χ0) is 15.0. The highest BCUT2D eigenvalue weighted by molar-refractivity contribution is 5.86. The molecule has 3 aromatic rings. The number of aromatic amines is 1. The number of hydrogen-bond donors (Lipinski definition) is 2. The fourth-order valence-corrected chi connectivity index (χ4v) is 2.19. The number of H-pyrrole nitrogens is 1. The summed E-state index contributed by atoms with van der Waals surface area (Å²) in [7, 11) is 0. The zero-order valence-electron chi connectivity index (χ0n) is 10.9. The third-order valence-corrected chi connectivity index (χ3v) is 3.25. The average Bonchev–Trinajstić information content (AvgIpc) is 2.82. The van der Waals surface area contributed by atoms with E-state index in [9.17, 15) is 13.2 Å². The third kappa shape index (κ3) is 2.69. The summed E-state index contributed by atoms with van der Waals surface area (Å²) in [4.78, 5) is 7.49. The van der Waals surface area contributed by atoms with Crippen LogP contribution in [0, 0.1) is 0 Å². The number of benzene rings is 2. The van der Waals surface area contributed by atoms with Crippen LogP contribution >= 0.6 is 0 Å². The molecule has 0 aliphatic carbocycles. The Hall–Kier alpha value is -2.50. The van der Waals surface area contributed by atoms with Crippen molar-refractivity contribution in [1.82, 2.24) is 9.97 Å². The molecule has 21 heavy (non-hydrogen) atoms. The first-order chi connectivity index (χ1) is 9.93. The van der Waals surface area contributed by atoms with E-state index < -0.39 is 11.7 Å². The standard InChI is InChI=1S/C15H12F3N3/c16-15(17,18)10-6-4-9(5-7-10)8-13-20-12-3-1-2-11(19)14(12)21-13/h1-7H,8,19H2,(H,20,21). The number of hydrogen-bond acceptors (Lipinski definition) is 2. The molecule has 108 valence electrons. The van der Waals surface area contributed by atoms with Crippen LogP contribution in [0.4, 0.5) is 18.9 Å². The van der Waals surface area contributed by atoms with Gasteiger partial charge in [0.25, 0.3) is 0 Å². The number of nitrogens with two attached hydrogens (primary N) is 1. The Kier molecular flexibility index (Phi) is 3.08. The molecule has 0 bridgehead atoms. The maximum Gasteiger partial charge on any atom is 0.416 e. The number of alkyl halides is 3. The molecule has 0 unspecified atom stereocenters. The Morgan fingerprint density at radius 2 is 1.76 bits per heavy atom. The van der Waals surface area contributed by atoms with Gasteiger partial charge in [0.15, 0.2) is 0 Å². The quantitative estimate of drug-likeness (QED) is 0.706. The Morgan fingerprint density at radius 1 is 1.05 bits per heavy atom. The maximum atomic E-state index is 12.5. The number of aromatic nitrogens is 2. The molecule has 3 N–H and O–H groups in total. The van der Waals surface area contributed by atoms with Crippen molar-refractivity contribution in [3.63, 3.8) is 0 Å². The van der Waals surface area contributed by atoms with E-state index in [1.807, 2.05) is 12.1 Å². The highest BCUT2D eigenvalue weighted by Crippen LogP contribution is 2.29. The van der Waals surface area contributed by atoms with Gasteiger partial charge in [-0.05, 0) is 29.8 Å². The number of fused-ring (bicyclic) bond motifs is 1. The number of nitrogen functional groups attached to an aromatic ring is 1. The summed E-state index contributed by atoms with van der Waals surface area (Å²) < 4.78 is 37.5. The molecule has 1 heterocycles. The summed E-state index contributed by atoms with van der Waals surface area (Å²) in [5.41, 5.74) is 7.99. The summed E-state index contributed by atoms with van der Waals surface area (Å²) in [5.74, 6) is 0.669. The fraction of sp³-hybridized carbons (Fsp3) is 0.133. The van der Waals surface area contributed by atoms with E-state index >= 15 is 0 Å². The van der Waals surface area contributed by atoms with Gasteiger partial charge < -0.3 is 10.7 Å². The number of halogens is 3. The number of para-hydroxylation sites is 1. The second-order valence-corrected chi connectivity index (χ2v) is 4.80. The smallest absolute Gasteiger partial charge is 0.397 e. The van der Waals surface area contributed by atoms with Crippen LogP contribution in [0.3, 0.4) is 0 Å². The number of imidazole rings is 1. The van der Waals surface area contributed by atoms with Crippen LogP contribution in [0.5, 0.6) is 0 Å². The predicted octanol–water partition coefficient (Wildman–Crippen LogP) is 3.75. The first-order valence-electron chi connectivity index (χ1n) is 6.33. The average molecular weight is 291 g/mol. The number of nitrogens with zero attached hydrogens (tertiary/aromatic N) is 1. The second-order valence-electron chi connectivity index (χ2n) is 4.80. The van der Waals surface area contributed by atoms with Crippen LogP contribution in [-0.2, 0) is 12.6 Å². The summed E-state index contributed by atoms with van der Waals surface area (Å²) in [6, 6.07) is 10.5. The molecular formula is C15H12F3N3. The van der Waals surface area contributed by atoms with Crippen molar-refractivity contribution in [2.45, 2.75) is 12.6 Å². The Balaban J connectivity index is 1.87. The summed E-state index contributed by atoms with van der Waals surface area (Å²) >= 11 is 0. The number of anilines is 1. The van der Waals surface area contributed by atoms with Gasteiger partial charge in [-0.3, -0.25) is 0 Å². The lowest BCUT2D eigenvalue weighted by molar-refractivity contribution is -0.137. The van der Waals surface area contributed by atoms with Gasteiger partial charge in [-0.15, -0.1) is 0 Å². The van der Waals surface area contributed by atoms with E-state index in [2.05, 4.69) is 9.97 Å². The van der Waals surface area contributed by atoms with Crippen molar-refractivity contribution in [2.24, 2.45) is 0 Å². The fourth-order valence-electron chi connectivity index (χ4n) is 2.19. The van der Waals surface area contributed by atoms with Crippen LogP contribution < -0.4 is 5.73 Å². The molecule has 2 aromatic carbocycles. The molecule has 6 heteroatoms. The first-order valence-corrected chi connectivity index (χ1v) is 6.33. The molecule has 0 amide bonds. The predicted molar refractivity (Wildman–Crippen MR) is 74.8 cm³/mol. The Morgan fingerprint density at radius 3 is 2.38 bits per heavy atom. The van der Waals surface area contributed by atoms with Gasteiger partial charge in [0.2, 0.25) is 0 Å². The molecule has 1 aromatic heterocycles. The van der Waals surface area contributed by atoms with Gasteiger partial charge in [-0.25, -0.2) is 4.98 Å². The van der Waals surface area contributed by atoms with Crippen LogP contribution in [-0.4, -0.2) is 9.97 Å². The number of nitrogens with one attached hydrogen (secondary N) is 1. The zero-order valence-corrected chi connectivity index (χ0v) is 10.9. The van der Waals surface area contributed by atoms with E-state index in [0.29, 0.717) is 23.4 Å². The summed E-state index contributed by atoms with van der Waals surface area (Å²) in [6.45, 7) is 0. The molecule has 3 rings (SSSR count). The SMILES string of the molecule is Nc1cccc2[nH]c(Cc3ccc(C(F)(F)F)cc3)nc12. The van der Waals surface area contributed by atoms with Crippen LogP contribution in [0.2, 0.25) is 0 Å². The summed E-state index contributed by atoms with van der Waals surface area (Å²) in [5, 5.41) is 0. The highest BCUT2D eigenvalue weighted by atomic mass is 19.4. The summed E-state index contributed by atoms with van der Waals surface area (Å²) in [6.07, 6.45) is -3.89. The third-order valence-electron chi connectivity index (χ3n) is 3.25. The van der Waals surface area contributed by atoms with Crippen LogP contribution in [0.1, 0.15) is 17.0 Å². The van der Waals surface area contributed by atoms with Gasteiger partial charge in [-0.2, -0.15) is 13.2 Å². The molecule has 0 saturated carbocycles. The van der Waals surface area contributed by atoms with Gasteiger partial charge >= 0.3 is 6.18 Å². The van der Waals surface area contributed by atoms with E-state index in [1.54, 1.807) is 6.07 Å². The van der Waals surface area contributed by atoms with E-state index in [0.717, 1.165) is 23.2 Å². The Labute approximate surface area is 118 Å². The molecule has 0 fully saturated rings. The van der Waals surface area contributed by atoms with Gasteiger partial charge in [0.1, 0.15) is 11.3 Å². The minimum Gasteiger partial charge on any atom is -0.397 e. The molecule has 0 aliphatic heterocycles. The minimum atomic E-state index is -4.31. The van der Waals surface area contributed by atoms with E-state index in [1.165, 1.54) is 12.1 Å². The highest BCUT2D eigenvalue weighted by Gasteiger charge is 2.29. The molecule has 0 atom stereocenters. The minimum absolute atomic E-state index is 0.423. The van der Waals surface area contributed by atoms with Crippen molar-refractivity contribution < 1.29 is 13.2 Å². The largest absolute Gasteiger partial charge is 0.416 e.